The quantitative estimate of drug-likeness (QED) is 0.249. The van der Waals surface area contributed by atoms with Crippen LogP contribution in [0.15, 0.2) is 36.4 Å². The largest absolute Gasteiger partial charge is 0.495 e. The second-order valence-electron chi connectivity index (χ2n) is 9.08. The minimum Gasteiger partial charge on any atom is -0.495 e. The molecule has 12 heteroatoms. The highest BCUT2D eigenvalue weighted by molar-refractivity contribution is 7.92. The third-order valence-corrected chi connectivity index (χ3v) is 8.22. The summed E-state index contributed by atoms with van der Waals surface area (Å²) in [5.41, 5.74) is 1.02. The standard InChI is InChI=1S/C27H36Cl3N3O5S/c1-5-7-14-31-27(35)24(6-2)32(18-19-10-11-20(28)16-22(19)29)26(34)9-8-15-33(39(4,36)37)21-12-13-25(38-3)23(30)17-21/h10-13,16-17,24H,5-9,14-15,18H2,1-4H3,(H,31,35)/t24-/m0/s1. The molecule has 2 aromatic rings. The fraction of sp³-hybridized carbons (Fsp3) is 0.481. The van der Waals surface area contributed by atoms with Crippen molar-refractivity contribution in [1.82, 2.24) is 10.2 Å². The number of methoxy groups -OCH3 is 1. The van der Waals surface area contributed by atoms with E-state index in [0.29, 0.717) is 40.0 Å². The molecule has 0 spiro atoms. The minimum absolute atomic E-state index is 0.0137. The van der Waals surface area contributed by atoms with E-state index in [1.165, 1.54) is 22.4 Å². The maximum Gasteiger partial charge on any atom is 0.242 e. The summed E-state index contributed by atoms with van der Waals surface area (Å²) in [7, 11) is -2.19. The molecule has 39 heavy (non-hydrogen) atoms. The Labute approximate surface area is 246 Å². The molecule has 0 unspecified atom stereocenters. The zero-order chi connectivity index (χ0) is 29.2. The van der Waals surface area contributed by atoms with Gasteiger partial charge in [-0.05, 0) is 55.2 Å². The smallest absolute Gasteiger partial charge is 0.242 e. The van der Waals surface area contributed by atoms with Gasteiger partial charge >= 0.3 is 0 Å². The lowest BCUT2D eigenvalue weighted by molar-refractivity contribution is -0.141. The van der Waals surface area contributed by atoms with Gasteiger partial charge in [0.25, 0.3) is 0 Å². The number of rotatable bonds is 15. The number of anilines is 1. The molecule has 0 radical (unpaired) electrons. The lowest BCUT2D eigenvalue weighted by Crippen LogP contribution is -2.49. The number of nitrogens with zero attached hydrogens (tertiary/aromatic N) is 2. The second-order valence-corrected chi connectivity index (χ2v) is 12.2. The van der Waals surface area contributed by atoms with Crippen LogP contribution in [-0.2, 0) is 26.2 Å². The van der Waals surface area contributed by atoms with Gasteiger partial charge in [0.15, 0.2) is 0 Å². The van der Waals surface area contributed by atoms with E-state index in [1.54, 1.807) is 30.3 Å². The highest BCUT2D eigenvalue weighted by atomic mass is 35.5. The lowest BCUT2D eigenvalue weighted by atomic mass is 10.1. The van der Waals surface area contributed by atoms with E-state index in [1.807, 2.05) is 13.8 Å². The first kappa shape index (κ1) is 33.0. The molecule has 2 amide bonds. The molecule has 8 nitrogen and oxygen atoms in total. The molecule has 0 aliphatic heterocycles. The molecule has 0 bridgehead atoms. The van der Waals surface area contributed by atoms with Crippen molar-refractivity contribution in [3.8, 4) is 5.75 Å². The summed E-state index contributed by atoms with van der Waals surface area (Å²) in [5, 5.41) is 4.04. The Morgan fingerprint density at radius 2 is 1.74 bits per heavy atom. The van der Waals surface area contributed by atoms with Gasteiger partial charge in [0.05, 0.1) is 24.1 Å². The van der Waals surface area contributed by atoms with Crippen molar-refractivity contribution >= 4 is 62.3 Å². The number of unbranched alkanes of at least 4 members (excludes halogenated alkanes) is 1. The van der Waals surface area contributed by atoms with Gasteiger partial charge in [-0.3, -0.25) is 13.9 Å². The first-order valence-electron chi connectivity index (χ1n) is 12.7. The third-order valence-electron chi connectivity index (χ3n) is 6.15. The van der Waals surface area contributed by atoms with Crippen molar-refractivity contribution in [3.63, 3.8) is 0 Å². The molecule has 2 aromatic carbocycles. The topological polar surface area (TPSA) is 96.0 Å². The van der Waals surface area contributed by atoms with Crippen LogP contribution < -0.4 is 14.4 Å². The van der Waals surface area contributed by atoms with Crippen molar-refractivity contribution < 1.29 is 22.7 Å². The van der Waals surface area contributed by atoms with Crippen LogP contribution in [0.2, 0.25) is 15.1 Å². The minimum atomic E-state index is -3.66. The van der Waals surface area contributed by atoms with E-state index in [9.17, 15) is 18.0 Å². The fourth-order valence-corrected chi connectivity index (χ4v) is 5.75. The van der Waals surface area contributed by atoms with Gasteiger partial charge in [0, 0.05) is 36.1 Å². The molecule has 1 N–H and O–H groups in total. The Hall–Kier alpha value is -2.20. The van der Waals surface area contributed by atoms with Gasteiger partial charge < -0.3 is 15.0 Å². The number of nitrogens with one attached hydrogen (secondary N) is 1. The number of hydrogen-bond acceptors (Lipinski definition) is 5. The van der Waals surface area contributed by atoms with E-state index in [-0.39, 0.29) is 42.8 Å². The SMILES string of the molecule is CCCCNC(=O)[C@H](CC)N(Cc1ccc(Cl)cc1Cl)C(=O)CCCN(c1ccc(OC)c(Cl)c1)S(C)(=O)=O. The number of carbonyl (C=O) groups excluding carboxylic acids is 2. The molecule has 0 aliphatic rings. The Kier molecular flexibility index (Phi) is 13.2. The Morgan fingerprint density at radius 1 is 1.03 bits per heavy atom. The molecular weight excluding hydrogens is 585 g/mol. The van der Waals surface area contributed by atoms with Gasteiger partial charge in [0.1, 0.15) is 11.8 Å². The number of halogens is 3. The van der Waals surface area contributed by atoms with Crippen molar-refractivity contribution in [1.29, 1.82) is 0 Å². The number of ether oxygens (including phenoxy) is 1. The van der Waals surface area contributed by atoms with E-state index >= 15 is 0 Å². The van der Waals surface area contributed by atoms with Gasteiger partial charge in [-0.15, -0.1) is 0 Å². The molecule has 2 rings (SSSR count). The molecule has 0 heterocycles. The molecule has 0 saturated heterocycles. The average molecular weight is 621 g/mol. The highest BCUT2D eigenvalue weighted by Crippen LogP contribution is 2.30. The molecule has 0 fully saturated rings. The molecular formula is C27H36Cl3N3O5S. The maximum atomic E-state index is 13.5. The number of amides is 2. The molecule has 216 valence electrons. The summed E-state index contributed by atoms with van der Waals surface area (Å²) in [4.78, 5) is 28.1. The summed E-state index contributed by atoms with van der Waals surface area (Å²) < 4.78 is 31.5. The van der Waals surface area contributed by atoms with Gasteiger partial charge in [0.2, 0.25) is 21.8 Å². The summed E-state index contributed by atoms with van der Waals surface area (Å²) in [6.07, 6.45) is 3.48. The predicted molar refractivity (Wildman–Crippen MR) is 158 cm³/mol. The summed E-state index contributed by atoms with van der Waals surface area (Å²) in [5.74, 6) is -0.113. The monoisotopic (exact) mass is 619 g/mol. The Bertz CT molecular complexity index is 1240. The first-order valence-corrected chi connectivity index (χ1v) is 15.7. The first-order chi connectivity index (χ1) is 18.4. The highest BCUT2D eigenvalue weighted by Gasteiger charge is 2.29. The number of sulfonamides is 1. The third kappa shape index (κ3) is 9.74. The van der Waals surface area contributed by atoms with Crippen LogP contribution in [0.25, 0.3) is 0 Å². The number of benzene rings is 2. The summed E-state index contributed by atoms with van der Waals surface area (Å²) in [6, 6.07) is 8.97. The van der Waals surface area contributed by atoms with Gasteiger partial charge in [-0.25, -0.2) is 8.42 Å². The number of carbonyl (C=O) groups is 2. The average Bonchev–Trinajstić information content (AvgIpc) is 2.87. The van der Waals surface area contributed by atoms with Gasteiger partial charge in [-0.1, -0.05) is 61.1 Å². The van der Waals surface area contributed by atoms with Crippen LogP contribution in [0.1, 0.15) is 51.5 Å². The molecule has 0 aliphatic carbocycles. The van der Waals surface area contributed by atoms with Crippen molar-refractivity contribution in [2.75, 3.05) is 30.8 Å². The van der Waals surface area contributed by atoms with Crippen LogP contribution in [0, 0.1) is 0 Å². The molecule has 0 aromatic heterocycles. The van der Waals surface area contributed by atoms with Crippen LogP contribution in [0.5, 0.6) is 5.75 Å². The summed E-state index contributed by atoms with van der Waals surface area (Å²) >= 11 is 18.6. The van der Waals surface area contributed by atoms with Crippen LogP contribution in [0.3, 0.4) is 0 Å². The van der Waals surface area contributed by atoms with Crippen LogP contribution >= 0.6 is 34.8 Å². The van der Waals surface area contributed by atoms with Crippen molar-refractivity contribution in [3.05, 3.63) is 57.0 Å². The number of hydrogen-bond donors (Lipinski definition) is 1. The second kappa shape index (κ2) is 15.6. The van der Waals surface area contributed by atoms with Crippen LogP contribution in [-0.4, -0.2) is 57.6 Å². The molecule has 1 atom stereocenters. The fourth-order valence-electron chi connectivity index (χ4n) is 4.07. The lowest BCUT2D eigenvalue weighted by Gasteiger charge is -2.31. The summed E-state index contributed by atoms with van der Waals surface area (Å²) in [6.45, 7) is 4.54. The predicted octanol–water partition coefficient (Wildman–Crippen LogP) is 5.93. The Morgan fingerprint density at radius 3 is 2.31 bits per heavy atom. The zero-order valence-corrected chi connectivity index (χ0v) is 25.8. The van der Waals surface area contributed by atoms with E-state index in [4.69, 9.17) is 39.5 Å². The van der Waals surface area contributed by atoms with E-state index in [0.717, 1.165) is 19.1 Å². The zero-order valence-electron chi connectivity index (χ0n) is 22.7. The van der Waals surface area contributed by atoms with Crippen molar-refractivity contribution in [2.45, 2.75) is 58.5 Å². The van der Waals surface area contributed by atoms with E-state index < -0.39 is 16.1 Å². The van der Waals surface area contributed by atoms with Crippen LogP contribution in [0.4, 0.5) is 5.69 Å². The molecule has 0 saturated carbocycles. The normalized spacial score (nSPS) is 12.1. The Balaban J connectivity index is 2.25. The van der Waals surface area contributed by atoms with E-state index in [2.05, 4.69) is 5.32 Å². The van der Waals surface area contributed by atoms with Crippen molar-refractivity contribution in [2.24, 2.45) is 0 Å². The van der Waals surface area contributed by atoms with Gasteiger partial charge in [-0.2, -0.15) is 0 Å². The maximum absolute atomic E-state index is 13.5.